The van der Waals surface area contributed by atoms with Gasteiger partial charge in [0.1, 0.15) is 5.94 Å². The van der Waals surface area contributed by atoms with Gasteiger partial charge in [0.2, 0.25) is 0 Å². The van der Waals surface area contributed by atoms with Gasteiger partial charge in [-0.25, -0.2) is 4.79 Å². The first kappa shape index (κ1) is 6.41. The van der Waals surface area contributed by atoms with Crippen molar-refractivity contribution in [3.63, 3.8) is 0 Å². The molecule has 0 amide bonds. The SMILES string of the molecule is [CH2]COCC=C=O. The van der Waals surface area contributed by atoms with Crippen LogP contribution in [0.1, 0.15) is 0 Å². The Bertz CT molecular complexity index is 72.1. The van der Waals surface area contributed by atoms with Crippen LogP contribution in [0, 0.1) is 6.92 Å². The first-order valence-corrected chi connectivity index (χ1v) is 1.98. The van der Waals surface area contributed by atoms with Gasteiger partial charge < -0.3 is 4.74 Å². The molecule has 0 bridgehead atoms. The van der Waals surface area contributed by atoms with E-state index in [1.54, 1.807) is 5.94 Å². The lowest BCUT2D eigenvalue weighted by Gasteiger charge is -1.87. The van der Waals surface area contributed by atoms with Crippen molar-refractivity contribution in [1.82, 2.24) is 0 Å². The van der Waals surface area contributed by atoms with Gasteiger partial charge in [-0.1, -0.05) is 0 Å². The van der Waals surface area contributed by atoms with E-state index in [2.05, 4.69) is 11.7 Å². The van der Waals surface area contributed by atoms with E-state index in [0.717, 1.165) is 0 Å². The zero-order valence-electron chi connectivity index (χ0n) is 4.02. The molecule has 0 saturated heterocycles. The largest absolute Gasteiger partial charge is 0.377 e. The van der Waals surface area contributed by atoms with Crippen LogP contribution in [0.15, 0.2) is 6.08 Å². The summed E-state index contributed by atoms with van der Waals surface area (Å²) in [5.74, 6) is 1.57. The van der Waals surface area contributed by atoms with E-state index in [0.29, 0.717) is 13.2 Å². The van der Waals surface area contributed by atoms with E-state index in [-0.39, 0.29) is 0 Å². The number of rotatable bonds is 3. The summed E-state index contributed by atoms with van der Waals surface area (Å²) in [5.41, 5.74) is 0. The predicted molar refractivity (Wildman–Crippen MR) is 26.4 cm³/mol. The molecule has 7 heavy (non-hydrogen) atoms. The van der Waals surface area contributed by atoms with Crippen molar-refractivity contribution < 1.29 is 9.53 Å². The molecule has 2 nitrogen and oxygen atoms in total. The van der Waals surface area contributed by atoms with Gasteiger partial charge in [0.25, 0.3) is 0 Å². The molecule has 39 valence electrons. The van der Waals surface area contributed by atoms with Crippen molar-refractivity contribution in [2.45, 2.75) is 0 Å². The van der Waals surface area contributed by atoms with Gasteiger partial charge in [-0.3, -0.25) is 0 Å². The Kier molecular flexibility index (Phi) is 4.95. The van der Waals surface area contributed by atoms with Gasteiger partial charge >= 0.3 is 0 Å². The topological polar surface area (TPSA) is 26.3 Å². The van der Waals surface area contributed by atoms with E-state index >= 15 is 0 Å². The summed E-state index contributed by atoms with van der Waals surface area (Å²) in [6.07, 6.45) is 1.27. The smallest absolute Gasteiger partial charge is 0.122 e. The van der Waals surface area contributed by atoms with Crippen LogP contribution in [0.2, 0.25) is 0 Å². The average molecular weight is 99.1 g/mol. The molecule has 0 N–H and O–H groups in total. The van der Waals surface area contributed by atoms with Gasteiger partial charge in [-0.2, -0.15) is 0 Å². The molecule has 0 saturated carbocycles. The molecule has 2 heteroatoms. The van der Waals surface area contributed by atoms with Crippen molar-refractivity contribution >= 4 is 5.94 Å². The molecule has 0 heterocycles. The molecule has 0 atom stereocenters. The van der Waals surface area contributed by atoms with Crippen LogP contribution in [-0.4, -0.2) is 19.2 Å². The Morgan fingerprint density at radius 1 is 1.86 bits per heavy atom. The Hall–Kier alpha value is -0.590. The molecule has 0 fully saturated rings. The van der Waals surface area contributed by atoms with Crippen molar-refractivity contribution in [3.05, 3.63) is 13.0 Å². The fourth-order valence-electron chi connectivity index (χ4n) is 0.176. The second kappa shape index (κ2) is 5.41. The molecule has 0 aromatic heterocycles. The van der Waals surface area contributed by atoms with Crippen LogP contribution >= 0.6 is 0 Å². The van der Waals surface area contributed by atoms with Crippen LogP contribution in [-0.2, 0) is 9.53 Å². The second-order valence-corrected chi connectivity index (χ2v) is 0.897. The van der Waals surface area contributed by atoms with Gasteiger partial charge in [0, 0.05) is 12.7 Å². The van der Waals surface area contributed by atoms with Crippen LogP contribution in [0.3, 0.4) is 0 Å². The molecule has 0 aliphatic carbocycles. The maximum absolute atomic E-state index is 9.40. The van der Waals surface area contributed by atoms with Crippen molar-refractivity contribution in [1.29, 1.82) is 0 Å². The molecule has 0 aromatic rings. The monoisotopic (exact) mass is 99.0 g/mol. The van der Waals surface area contributed by atoms with Gasteiger partial charge in [0.15, 0.2) is 0 Å². The minimum Gasteiger partial charge on any atom is -0.377 e. The third-order valence-corrected chi connectivity index (χ3v) is 0.429. The van der Waals surface area contributed by atoms with Crippen molar-refractivity contribution in [2.24, 2.45) is 0 Å². The van der Waals surface area contributed by atoms with Gasteiger partial charge in [-0.15, -0.1) is 0 Å². The Balaban J connectivity index is 2.83. The van der Waals surface area contributed by atoms with Crippen molar-refractivity contribution in [2.75, 3.05) is 13.2 Å². The Labute approximate surface area is 42.8 Å². The lowest BCUT2D eigenvalue weighted by Crippen LogP contribution is -1.87. The fourth-order valence-corrected chi connectivity index (χ4v) is 0.176. The highest BCUT2D eigenvalue weighted by Crippen LogP contribution is 1.68. The van der Waals surface area contributed by atoms with Crippen LogP contribution < -0.4 is 0 Å². The molecule has 1 radical (unpaired) electrons. The molecule has 0 aromatic carbocycles. The normalized spacial score (nSPS) is 7.57. The molecule has 0 spiro atoms. The lowest BCUT2D eigenvalue weighted by atomic mass is 10.7. The van der Waals surface area contributed by atoms with E-state index in [9.17, 15) is 4.79 Å². The van der Waals surface area contributed by atoms with Gasteiger partial charge in [-0.05, 0) is 6.92 Å². The summed E-state index contributed by atoms with van der Waals surface area (Å²) in [7, 11) is 0. The zero-order valence-corrected chi connectivity index (χ0v) is 4.02. The van der Waals surface area contributed by atoms with E-state index in [1.807, 2.05) is 0 Å². The highest BCUT2D eigenvalue weighted by molar-refractivity contribution is 5.44. The molecule has 0 rings (SSSR count). The predicted octanol–water partition coefficient (Wildman–Crippen LogP) is 0.225. The van der Waals surface area contributed by atoms with Crippen LogP contribution in [0.5, 0.6) is 0 Å². The summed E-state index contributed by atoms with van der Waals surface area (Å²) in [4.78, 5) is 9.40. The highest BCUT2D eigenvalue weighted by atomic mass is 16.5. The number of hydrogen-bond acceptors (Lipinski definition) is 2. The summed E-state index contributed by atoms with van der Waals surface area (Å²) < 4.78 is 4.64. The Morgan fingerprint density at radius 3 is 3.00 bits per heavy atom. The molecule has 0 aliphatic rings. The van der Waals surface area contributed by atoms with E-state index in [1.165, 1.54) is 6.08 Å². The third-order valence-electron chi connectivity index (χ3n) is 0.429. The fraction of sp³-hybridized carbons (Fsp3) is 0.400. The third kappa shape index (κ3) is 5.41. The summed E-state index contributed by atoms with van der Waals surface area (Å²) in [5, 5.41) is 0. The van der Waals surface area contributed by atoms with Gasteiger partial charge in [0.05, 0.1) is 6.61 Å². The van der Waals surface area contributed by atoms with Crippen molar-refractivity contribution in [3.8, 4) is 0 Å². The lowest BCUT2D eigenvalue weighted by molar-refractivity contribution is 0.193. The maximum Gasteiger partial charge on any atom is 0.122 e. The summed E-state index contributed by atoms with van der Waals surface area (Å²) in [6.45, 7) is 4.11. The minimum atomic E-state index is 0.326. The number of ether oxygens (including phenoxy) is 1. The first-order chi connectivity index (χ1) is 3.41. The van der Waals surface area contributed by atoms with Crippen LogP contribution in [0.4, 0.5) is 0 Å². The summed E-state index contributed by atoms with van der Waals surface area (Å²) in [6, 6.07) is 0. The highest BCUT2D eigenvalue weighted by Gasteiger charge is 1.71. The first-order valence-electron chi connectivity index (χ1n) is 1.98. The Morgan fingerprint density at radius 2 is 2.57 bits per heavy atom. The molecule has 0 aliphatic heterocycles. The number of hydrogen-bond donors (Lipinski definition) is 0. The van der Waals surface area contributed by atoms with E-state index < -0.39 is 0 Å². The zero-order chi connectivity index (χ0) is 5.54. The van der Waals surface area contributed by atoms with Crippen LogP contribution in [0.25, 0.3) is 0 Å². The number of carbonyl (C=O) groups excluding carboxylic acids is 1. The minimum absolute atomic E-state index is 0.326. The van der Waals surface area contributed by atoms with E-state index in [4.69, 9.17) is 0 Å². The molecular formula is C5H7O2. The average Bonchev–Trinajstić information content (AvgIpc) is 1.69. The second-order valence-electron chi connectivity index (χ2n) is 0.897. The standard InChI is InChI=1S/C5H7O2/c1-2-7-5-3-4-6/h3H,1-2,5H2. The maximum atomic E-state index is 9.40. The summed E-state index contributed by atoms with van der Waals surface area (Å²) >= 11 is 0. The molecule has 0 unspecified atom stereocenters. The molecular weight excluding hydrogens is 92.1 g/mol. The quantitative estimate of drug-likeness (QED) is 0.374.